The zero-order valence-electron chi connectivity index (χ0n) is 10.1. The number of benzene rings is 1. The monoisotopic (exact) mass is 379 g/mol. The molecule has 2 rings (SSSR count). The fourth-order valence-corrected chi connectivity index (χ4v) is 2.20. The molecule has 1 aromatic carbocycles. The highest BCUT2D eigenvalue weighted by molar-refractivity contribution is 14.1. The Kier molecular flexibility index (Phi) is 4.44. The number of hydrogen-bond donors (Lipinski definition) is 2. The van der Waals surface area contributed by atoms with Gasteiger partial charge in [0.2, 0.25) is 11.9 Å². The number of aliphatic imine (C=N–C) groups is 2. The zero-order chi connectivity index (χ0) is 12.6. The van der Waals surface area contributed by atoms with E-state index in [1.54, 1.807) is 0 Å². The normalized spacial score (nSPS) is 17.6. The third-order valence-corrected chi connectivity index (χ3v) is 3.20. The SMILES string of the molecule is CC1(C)N=C(N)N=C(N)N1c1ccc(I)cc1.Cl. The second-order valence-corrected chi connectivity index (χ2v) is 5.49. The Hall–Kier alpha value is -1.02. The lowest BCUT2D eigenvalue weighted by atomic mass is 10.1. The van der Waals surface area contributed by atoms with Gasteiger partial charge in [-0.25, -0.2) is 4.99 Å². The van der Waals surface area contributed by atoms with Crippen LogP contribution in [0.25, 0.3) is 0 Å². The van der Waals surface area contributed by atoms with Crippen LogP contribution in [-0.4, -0.2) is 17.6 Å². The van der Waals surface area contributed by atoms with E-state index >= 15 is 0 Å². The molecule has 0 saturated heterocycles. The Labute approximate surface area is 126 Å². The molecule has 0 aliphatic carbocycles. The third-order valence-electron chi connectivity index (χ3n) is 2.48. The van der Waals surface area contributed by atoms with Gasteiger partial charge < -0.3 is 11.5 Å². The molecular weight excluding hydrogens is 365 g/mol. The molecule has 1 heterocycles. The Morgan fingerprint density at radius 3 is 2.22 bits per heavy atom. The maximum Gasteiger partial charge on any atom is 0.220 e. The number of anilines is 1. The van der Waals surface area contributed by atoms with E-state index in [1.807, 2.05) is 43.0 Å². The highest BCUT2D eigenvalue weighted by Gasteiger charge is 2.32. The minimum atomic E-state index is -0.525. The summed E-state index contributed by atoms with van der Waals surface area (Å²) >= 11 is 2.26. The molecule has 0 amide bonds. The topological polar surface area (TPSA) is 80.0 Å². The average Bonchev–Trinajstić information content (AvgIpc) is 2.18. The number of guanidine groups is 2. The van der Waals surface area contributed by atoms with Crippen LogP contribution in [0.3, 0.4) is 0 Å². The molecule has 0 unspecified atom stereocenters. The first kappa shape index (κ1) is 15.0. The number of hydrogen-bond acceptors (Lipinski definition) is 5. The molecule has 0 atom stereocenters. The molecule has 98 valence electrons. The first-order valence-electron chi connectivity index (χ1n) is 5.15. The van der Waals surface area contributed by atoms with E-state index in [2.05, 4.69) is 32.6 Å². The van der Waals surface area contributed by atoms with Gasteiger partial charge in [-0.05, 0) is 60.7 Å². The molecule has 0 aromatic heterocycles. The van der Waals surface area contributed by atoms with Crippen LogP contribution in [0, 0.1) is 3.57 Å². The van der Waals surface area contributed by atoms with Crippen molar-refractivity contribution in [1.82, 2.24) is 0 Å². The first-order valence-corrected chi connectivity index (χ1v) is 6.23. The van der Waals surface area contributed by atoms with Crippen LogP contribution in [-0.2, 0) is 0 Å². The average molecular weight is 380 g/mol. The largest absolute Gasteiger partial charge is 0.369 e. The number of halogens is 2. The van der Waals surface area contributed by atoms with Crippen molar-refractivity contribution in [2.45, 2.75) is 19.5 Å². The predicted molar refractivity (Wildman–Crippen MR) is 86.2 cm³/mol. The molecule has 18 heavy (non-hydrogen) atoms. The highest BCUT2D eigenvalue weighted by Crippen LogP contribution is 2.27. The molecule has 0 radical (unpaired) electrons. The van der Waals surface area contributed by atoms with E-state index < -0.39 is 5.66 Å². The second kappa shape index (κ2) is 5.31. The van der Waals surface area contributed by atoms with E-state index in [-0.39, 0.29) is 18.4 Å². The molecule has 5 nitrogen and oxygen atoms in total. The van der Waals surface area contributed by atoms with Crippen molar-refractivity contribution in [2.24, 2.45) is 21.5 Å². The van der Waals surface area contributed by atoms with Gasteiger partial charge in [-0.2, -0.15) is 4.99 Å². The van der Waals surface area contributed by atoms with Gasteiger partial charge in [0.05, 0.1) is 0 Å². The summed E-state index contributed by atoms with van der Waals surface area (Å²) in [7, 11) is 0. The van der Waals surface area contributed by atoms with Crippen molar-refractivity contribution in [1.29, 1.82) is 0 Å². The van der Waals surface area contributed by atoms with E-state index in [0.717, 1.165) is 5.69 Å². The molecule has 0 spiro atoms. The van der Waals surface area contributed by atoms with Gasteiger partial charge in [0.1, 0.15) is 5.66 Å². The van der Waals surface area contributed by atoms with Crippen molar-refractivity contribution < 1.29 is 0 Å². The van der Waals surface area contributed by atoms with Crippen LogP contribution in [0.4, 0.5) is 5.69 Å². The third kappa shape index (κ3) is 2.86. The molecule has 4 N–H and O–H groups in total. The van der Waals surface area contributed by atoms with E-state index in [0.29, 0.717) is 5.96 Å². The van der Waals surface area contributed by atoms with Crippen LogP contribution in [0.1, 0.15) is 13.8 Å². The van der Waals surface area contributed by atoms with Crippen LogP contribution >= 0.6 is 35.0 Å². The Morgan fingerprint density at radius 1 is 1.17 bits per heavy atom. The Balaban J connectivity index is 0.00000162. The first-order chi connectivity index (χ1) is 7.90. The summed E-state index contributed by atoms with van der Waals surface area (Å²) in [6.45, 7) is 3.89. The summed E-state index contributed by atoms with van der Waals surface area (Å²) in [5.41, 5.74) is 12.0. The lowest BCUT2D eigenvalue weighted by Crippen LogP contribution is -2.54. The van der Waals surface area contributed by atoms with Crippen molar-refractivity contribution in [3.05, 3.63) is 27.8 Å². The fourth-order valence-electron chi connectivity index (χ4n) is 1.84. The summed E-state index contributed by atoms with van der Waals surface area (Å²) in [6, 6.07) is 8.01. The summed E-state index contributed by atoms with van der Waals surface area (Å²) in [4.78, 5) is 10.2. The molecule has 1 aliphatic rings. The van der Waals surface area contributed by atoms with Crippen LogP contribution in [0.5, 0.6) is 0 Å². The standard InChI is InChI=1S/C11H14IN5.ClH/c1-11(2)16-9(13)15-10(14)17(11)8-5-3-7(12)4-6-8;/h3-6H,1-2H3,(H4,13,14,15,16);1H. The maximum absolute atomic E-state index is 5.93. The van der Waals surface area contributed by atoms with Crippen molar-refractivity contribution >= 4 is 52.6 Å². The van der Waals surface area contributed by atoms with Gasteiger partial charge in [0, 0.05) is 9.26 Å². The quantitative estimate of drug-likeness (QED) is 0.731. The van der Waals surface area contributed by atoms with Gasteiger partial charge in [-0.3, -0.25) is 4.90 Å². The number of nitrogens with two attached hydrogens (primary N) is 2. The van der Waals surface area contributed by atoms with Crippen LogP contribution in [0.2, 0.25) is 0 Å². The fraction of sp³-hybridized carbons (Fsp3) is 0.273. The van der Waals surface area contributed by atoms with Crippen molar-refractivity contribution in [3.8, 4) is 0 Å². The second-order valence-electron chi connectivity index (χ2n) is 4.25. The molecular formula is C11H15ClIN5. The van der Waals surface area contributed by atoms with E-state index in [9.17, 15) is 0 Å². The number of rotatable bonds is 1. The molecule has 1 aliphatic heterocycles. The Morgan fingerprint density at radius 2 is 1.72 bits per heavy atom. The predicted octanol–water partition coefficient (Wildman–Crippen LogP) is 1.90. The molecule has 0 bridgehead atoms. The lowest BCUT2D eigenvalue weighted by Gasteiger charge is -2.38. The van der Waals surface area contributed by atoms with Gasteiger partial charge >= 0.3 is 0 Å². The minimum Gasteiger partial charge on any atom is -0.369 e. The minimum absolute atomic E-state index is 0. The summed E-state index contributed by atoms with van der Waals surface area (Å²) in [6.07, 6.45) is 0. The van der Waals surface area contributed by atoms with Crippen LogP contribution in [0.15, 0.2) is 34.3 Å². The van der Waals surface area contributed by atoms with Gasteiger partial charge in [0.15, 0.2) is 0 Å². The highest BCUT2D eigenvalue weighted by atomic mass is 127. The van der Waals surface area contributed by atoms with Gasteiger partial charge in [-0.1, -0.05) is 0 Å². The molecule has 1 aromatic rings. The van der Waals surface area contributed by atoms with Crippen molar-refractivity contribution in [3.63, 3.8) is 0 Å². The summed E-state index contributed by atoms with van der Waals surface area (Å²) < 4.78 is 1.17. The Bertz CT molecular complexity index is 495. The van der Waals surface area contributed by atoms with E-state index in [1.165, 1.54) is 3.57 Å². The van der Waals surface area contributed by atoms with E-state index in [4.69, 9.17) is 11.5 Å². The van der Waals surface area contributed by atoms with Gasteiger partial charge in [-0.15, -0.1) is 12.4 Å². The van der Waals surface area contributed by atoms with Crippen LogP contribution < -0.4 is 16.4 Å². The van der Waals surface area contributed by atoms with Crippen molar-refractivity contribution in [2.75, 3.05) is 4.90 Å². The smallest absolute Gasteiger partial charge is 0.220 e. The number of nitrogens with zero attached hydrogens (tertiary/aromatic N) is 3. The summed E-state index contributed by atoms with van der Waals surface area (Å²) in [5.74, 6) is 0.581. The maximum atomic E-state index is 5.93. The molecule has 0 saturated carbocycles. The van der Waals surface area contributed by atoms with Gasteiger partial charge in [0.25, 0.3) is 0 Å². The summed E-state index contributed by atoms with van der Waals surface area (Å²) in [5, 5.41) is 0. The molecule has 7 heteroatoms. The molecule has 0 fully saturated rings. The zero-order valence-corrected chi connectivity index (χ0v) is 13.1. The lowest BCUT2D eigenvalue weighted by molar-refractivity contribution is 0.534.